The van der Waals surface area contributed by atoms with Crippen molar-refractivity contribution in [2.75, 3.05) is 7.11 Å². The van der Waals surface area contributed by atoms with Crippen LogP contribution in [0, 0.1) is 0 Å². The van der Waals surface area contributed by atoms with E-state index in [1.807, 2.05) is 18.2 Å². The average molecular weight is 367 g/mol. The van der Waals surface area contributed by atoms with Gasteiger partial charge in [-0.25, -0.2) is 4.79 Å². The number of aryl methyl sites for hydroxylation is 1. The summed E-state index contributed by atoms with van der Waals surface area (Å²) < 4.78 is 4.71. The first-order chi connectivity index (χ1) is 11.5. The number of halogens is 2. The lowest BCUT2D eigenvalue weighted by molar-refractivity contribution is 0.0601. The van der Waals surface area contributed by atoms with Gasteiger partial charge < -0.3 is 9.84 Å². The highest BCUT2D eigenvalue weighted by Crippen LogP contribution is 2.30. The summed E-state index contributed by atoms with van der Waals surface area (Å²) >= 11 is 12.2. The molecule has 3 nitrogen and oxygen atoms in total. The molecule has 0 aromatic heterocycles. The Hall–Kier alpha value is -1.71. The van der Waals surface area contributed by atoms with Crippen molar-refractivity contribution in [1.82, 2.24) is 0 Å². The number of carbonyl (C=O) groups excluding carboxylic acids is 1. The van der Waals surface area contributed by atoms with Crippen LogP contribution in [-0.2, 0) is 11.2 Å². The molecule has 0 amide bonds. The van der Waals surface area contributed by atoms with Crippen LogP contribution in [0.5, 0.6) is 5.75 Å². The lowest BCUT2D eigenvalue weighted by Crippen LogP contribution is -2.05. The summed E-state index contributed by atoms with van der Waals surface area (Å²) in [6, 6.07) is 10.8. The second kappa shape index (κ2) is 8.41. The van der Waals surface area contributed by atoms with Crippen molar-refractivity contribution >= 4 is 29.2 Å². The van der Waals surface area contributed by atoms with Gasteiger partial charge in [-0.3, -0.25) is 0 Å². The fourth-order valence-electron chi connectivity index (χ4n) is 2.71. The Balaban J connectivity index is 2.12. The zero-order valence-corrected chi connectivity index (χ0v) is 15.2. The van der Waals surface area contributed by atoms with Gasteiger partial charge in [-0.15, -0.1) is 0 Å². The number of hydrogen-bond donors (Lipinski definition) is 1. The standard InChI is InChI=1S/C19H20Cl2O3/c1-3-13(6-4-12-5-9-18(22)17(21)10-12)14-7-8-15(16(20)11-14)19(23)24-2/h5,7-11,13,22H,3-4,6H2,1-2H3. The SMILES string of the molecule is CCC(CCc1ccc(O)c(Cl)c1)c1ccc(C(=O)OC)c(Cl)c1. The first kappa shape index (κ1) is 18.6. The smallest absolute Gasteiger partial charge is 0.339 e. The topological polar surface area (TPSA) is 46.5 Å². The van der Waals surface area contributed by atoms with Crippen molar-refractivity contribution in [3.8, 4) is 5.75 Å². The van der Waals surface area contributed by atoms with Gasteiger partial charge in [0.05, 0.1) is 22.7 Å². The molecular weight excluding hydrogens is 347 g/mol. The van der Waals surface area contributed by atoms with Gasteiger partial charge in [0.15, 0.2) is 0 Å². The first-order valence-corrected chi connectivity index (χ1v) is 8.57. The largest absolute Gasteiger partial charge is 0.506 e. The van der Waals surface area contributed by atoms with Crippen LogP contribution in [-0.4, -0.2) is 18.2 Å². The number of carbonyl (C=O) groups is 1. The summed E-state index contributed by atoms with van der Waals surface area (Å²) in [6.45, 7) is 2.12. The Morgan fingerprint density at radius 2 is 1.92 bits per heavy atom. The van der Waals surface area contributed by atoms with E-state index in [1.54, 1.807) is 18.2 Å². The van der Waals surface area contributed by atoms with Crippen LogP contribution in [0.1, 0.15) is 47.2 Å². The normalized spacial score (nSPS) is 12.0. The van der Waals surface area contributed by atoms with Crippen molar-refractivity contribution in [2.45, 2.75) is 32.1 Å². The summed E-state index contributed by atoms with van der Waals surface area (Å²) in [7, 11) is 1.34. The van der Waals surface area contributed by atoms with E-state index in [4.69, 9.17) is 27.9 Å². The molecule has 0 saturated carbocycles. The average Bonchev–Trinajstić information content (AvgIpc) is 2.58. The Kier molecular flexibility index (Phi) is 6.52. The predicted octanol–water partition coefficient (Wildman–Crippen LogP) is 5.61. The van der Waals surface area contributed by atoms with E-state index in [2.05, 4.69) is 6.92 Å². The lowest BCUT2D eigenvalue weighted by atomic mass is 9.89. The Labute approximate surface area is 152 Å². The first-order valence-electron chi connectivity index (χ1n) is 7.81. The highest BCUT2D eigenvalue weighted by atomic mass is 35.5. The number of methoxy groups -OCH3 is 1. The maximum absolute atomic E-state index is 11.6. The summed E-state index contributed by atoms with van der Waals surface area (Å²) in [5, 5.41) is 10.3. The molecule has 0 saturated heterocycles. The number of ether oxygens (including phenoxy) is 1. The van der Waals surface area contributed by atoms with Gasteiger partial charge >= 0.3 is 5.97 Å². The lowest BCUT2D eigenvalue weighted by Gasteiger charge is -2.17. The van der Waals surface area contributed by atoms with E-state index in [0.29, 0.717) is 21.5 Å². The summed E-state index contributed by atoms with van der Waals surface area (Å²) in [5.74, 6) is -0.0160. The molecule has 0 bridgehead atoms. The molecule has 128 valence electrons. The zero-order chi connectivity index (χ0) is 17.7. The molecule has 2 aromatic rings. The van der Waals surface area contributed by atoms with Crippen LogP contribution in [0.2, 0.25) is 10.0 Å². The van der Waals surface area contributed by atoms with E-state index in [0.717, 1.165) is 30.4 Å². The van der Waals surface area contributed by atoms with Crippen molar-refractivity contribution < 1.29 is 14.6 Å². The second-order valence-corrected chi connectivity index (χ2v) is 6.47. The van der Waals surface area contributed by atoms with Gasteiger partial charge in [-0.05, 0) is 60.6 Å². The third-order valence-electron chi connectivity index (χ3n) is 4.16. The molecule has 0 heterocycles. The Morgan fingerprint density at radius 3 is 2.50 bits per heavy atom. The van der Waals surface area contributed by atoms with Crippen LogP contribution in [0.4, 0.5) is 0 Å². The number of benzene rings is 2. The molecule has 2 aromatic carbocycles. The van der Waals surface area contributed by atoms with Gasteiger partial charge in [-0.1, -0.05) is 42.3 Å². The highest BCUT2D eigenvalue weighted by Gasteiger charge is 2.15. The molecule has 24 heavy (non-hydrogen) atoms. The molecule has 1 unspecified atom stereocenters. The van der Waals surface area contributed by atoms with Gasteiger partial charge in [0.2, 0.25) is 0 Å². The van der Waals surface area contributed by atoms with Crippen molar-refractivity contribution in [1.29, 1.82) is 0 Å². The zero-order valence-electron chi connectivity index (χ0n) is 13.7. The number of phenolic OH excluding ortho intramolecular Hbond substituents is 1. The van der Waals surface area contributed by atoms with Crippen LogP contribution in [0.3, 0.4) is 0 Å². The van der Waals surface area contributed by atoms with Gasteiger partial charge in [0, 0.05) is 0 Å². The van der Waals surface area contributed by atoms with E-state index in [1.165, 1.54) is 7.11 Å². The van der Waals surface area contributed by atoms with Gasteiger partial charge in [0.25, 0.3) is 0 Å². The van der Waals surface area contributed by atoms with Gasteiger partial charge in [0.1, 0.15) is 5.75 Å². The van der Waals surface area contributed by atoms with E-state index in [9.17, 15) is 9.90 Å². The molecule has 0 radical (unpaired) electrons. The number of aromatic hydroxyl groups is 1. The quantitative estimate of drug-likeness (QED) is 0.675. The number of phenols is 1. The molecule has 0 aliphatic heterocycles. The second-order valence-electron chi connectivity index (χ2n) is 5.66. The molecule has 1 N–H and O–H groups in total. The predicted molar refractivity (Wildman–Crippen MR) is 97.3 cm³/mol. The third kappa shape index (κ3) is 4.43. The van der Waals surface area contributed by atoms with Crippen LogP contribution < -0.4 is 0 Å². The van der Waals surface area contributed by atoms with Crippen LogP contribution in [0.25, 0.3) is 0 Å². The minimum atomic E-state index is -0.432. The van der Waals surface area contributed by atoms with Gasteiger partial charge in [-0.2, -0.15) is 0 Å². The monoisotopic (exact) mass is 366 g/mol. The van der Waals surface area contributed by atoms with E-state index in [-0.39, 0.29) is 5.75 Å². The van der Waals surface area contributed by atoms with Crippen LogP contribution >= 0.6 is 23.2 Å². The summed E-state index contributed by atoms with van der Waals surface area (Å²) in [6.07, 6.45) is 2.72. The van der Waals surface area contributed by atoms with Crippen LogP contribution in [0.15, 0.2) is 36.4 Å². The number of esters is 1. The molecule has 2 rings (SSSR count). The number of rotatable bonds is 6. The Morgan fingerprint density at radius 1 is 1.17 bits per heavy atom. The maximum atomic E-state index is 11.6. The minimum Gasteiger partial charge on any atom is -0.506 e. The number of hydrogen-bond acceptors (Lipinski definition) is 3. The van der Waals surface area contributed by atoms with Crippen molar-refractivity contribution in [3.63, 3.8) is 0 Å². The molecular formula is C19H20Cl2O3. The molecule has 1 atom stereocenters. The van der Waals surface area contributed by atoms with Crippen molar-refractivity contribution in [2.24, 2.45) is 0 Å². The molecule has 5 heteroatoms. The molecule has 0 fully saturated rings. The van der Waals surface area contributed by atoms with E-state index >= 15 is 0 Å². The summed E-state index contributed by atoms with van der Waals surface area (Å²) in [4.78, 5) is 11.6. The molecule has 0 aliphatic carbocycles. The fourth-order valence-corrected chi connectivity index (χ4v) is 3.18. The third-order valence-corrected chi connectivity index (χ3v) is 4.77. The molecule has 0 aliphatic rings. The highest BCUT2D eigenvalue weighted by molar-refractivity contribution is 6.33. The Bertz CT molecular complexity index is 729. The summed E-state index contributed by atoms with van der Waals surface area (Å²) in [5.41, 5.74) is 2.55. The molecule has 0 spiro atoms. The fraction of sp³-hybridized carbons (Fsp3) is 0.316. The minimum absolute atomic E-state index is 0.0950. The maximum Gasteiger partial charge on any atom is 0.339 e. The van der Waals surface area contributed by atoms with Crippen molar-refractivity contribution in [3.05, 3.63) is 63.1 Å². The van der Waals surface area contributed by atoms with E-state index < -0.39 is 5.97 Å².